The SMILES string of the molecule is C#CCNC(=O)C(C)NC(C)Cn1ccnc1. The van der Waals surface area contributed by atoms with Crippen molar-refractivity contribution in [3.63, 3.8) is 0 Å². The summed E-state index contributed by atoms with van der Waals surface area (Å²) in [4.78, 5) is 15.5. The van der Waals surface area contributed by atoms with E-state index < -0.39 is 0 Å². The van der Waals surface area contributed by atoms with Gasteiger partial charge in [-0.25, -0.2) is 4.98 Å². The van der Waals surface area contributed by atoms with Gasteiger partial charge in [-0.2, -0.15) is 0 Å². The van der Waals surface area contributed by atoms with Crippen molar-refractivity contribution in [2.45, 2.75) is 32.5 Å². The Labute approximate surface area is 102 Å². The number of nitrogens with one attached hydrogen (secondary N) is 2. The molecule has 2 unspecified atom stereocenters. The van der Waals surface area contributed by atoms with E-state index in [9.17, 15) is 4.79 Å². The number of carbonyl (C=O) groups is 1. The van der Waals surface area contributed by atoms with Gasteiger partial charge >= 0.3 is 0 Å². The monoisotopic (exact) mass is 234 g/mol. The molecule has 5 nitrogen and oxygen atoms in total. The maximum absolute atomic E-state index is 11.6. The number of rotatable bonds is 6. The molecule has 0 spiro atoms. The molecule has 0 fully saturated rings. The zero-order chi connectivity index (χ0) is 12.7. The van der Waals surface area contributed by atoms with Gasteiger partial charge < -0.3 is 15.2 Å². The van der Waals surface area contributed by atoms with Gasteiger partial charge in [-0.05, 0) is 13.8 Å². The second-order valence-electron chi connectivity index (χ2n) is 3.97. The number of nitrogens with zero attached hydrogens (tertiary/aromatic N) is 2. The number of hydrogen-bond acceptors (Lipinski definition) is 3. The summed E-state index contributed by atoms with van der Waals surface area (Å²) >= 11 is 0. The summed E-state index contributed by atoms with van der Waals surface area (Å²) in [7, 11) is 0. The van der Waals surface area contributed by atoms with Gasteiger partial charge in [-0.15, -0.1) is 6.42 Å². The molecular formula is C12H18N4O. The lowest BCUT2D eigenvalue weighted by molar-refractivity contribution is -0.122. The molecule has 0 saturated carbocycles. The Kier molecular flexibility index (Phi) is 5.24. The standard InChI is InChI=1S/C12H18N4O/c1-4-5-14-12(17)11(3)15-10(2)8-16-7-6-13-9-16/h1,6-7,9-11,15H,5,8H2,2-3H3,(H,14,17). The van der Waals surface area contributed by atoms with E-state index in [1.807, 2.05) is 24.6 Å². The molecule has 0 bridgehead atoms. The first-order chi connectivity index (χ1) is 8.13. The molecule has 0 saturated heterocycles. The maximum atomic E-state index is 11.6. The molecule has 1 aromatic heterocycles. The van der Waals surface area contributed by atoms with E-state index in [0.717, 1.165) is 6.54 Å². The molecule has 0 radical (unpaired) electrons. The summed E-state index contributed by atoms with van der Waals surface area (Å²) in [5.41, 5.74) is 0. The molecule has 0 aromatic carbocycles. The van der Waals surface area contributed by atoms with E-state index in [1.165, 1.54) is 0 Å². The van der Waals surface area contributed by atoms with Crippen LogP contribution in [-0.4, -0.2) is 34.1 Å². The number of aromatic nitrogens is 2. The lowest BCUT2D eigenvalue weighted by Gasteiger charge is -2.19. The first-order valence-electron chi connectivity index (χ1n) is 5.56. The zero-order valence-electron chi connectivity index (χ0n) is 10.2. The van der Waals surface area contributed by atoms with Crippen LogP contribution >= 0.6 is 0 Å². The quantitative estimate of drug-likeness (QED) is 0.681. The van der Waals surface area contributed by atoms with E-state index in [1.54, 1.807) is 12.5 Å². The Morgan fingerprint density at radius 1 is 1.59 bits per heavy atom. The molecule has 1 heterocycles. The third kappa shape index (κ3) is 4.70. The van der Waals surface area contributed by atoms with Crippen molar-refractivity contribution in [2.24, 2.45) is 0 Å². The van der Waals surface area contributed by atoms with Crippen molar-refractivity contribution in [2.75, 3.05) is 6.54 Å². The average Bonchev–Trinajstić information content (AvgIpc) is 2.78. The van der Waals surface area contributed by atoms with E-state index in [-0.39, 0.29) is 24.5 Å². The van der Waals surface area contributed by atoms with Crippen LogP contribution in [0, 0.1) is 12.3 Å². The van der Waals surface area contributed by atoms with Crippen LogP contribution in [0.25, 0.3) is 0 Å². The summed E-state index contributed by atoms with van der Waals surface area (Å²) in [6.45, 7) is 4.87. The molecule has 0 aliphatic heterocycles. The second kappa shape index (κ2) is 6.71. The Hall–Kier alpha value is -1.80. The van der Waals surface area contributed by atoms with Crippen LogP contribution in [0.3, 0.4) is 0 Å². The zero-order valence-corrected chi connectivity index (χ0v) is 10.2. The van der Waals surface area contributed by atoms with Crippen molar-refractivity contribution in [3.05, 3.63) is 18.7 Å². The molecule has 1 aromatic rings. The van der Waals surface area contributed by atoms with Gasteiger partial charge in [0.25, 0.3) is 0 Å². The van der Waals surface area contributed by atoms with E-state index in [4.69, 9.17) is 6.42 Å². The molecule has 2 N–H and O–H groups in total. The Bertz CT molecular complexity index is 380. The van der Waals surface area contributed by atoms with Crippen molar-refractivity contribution >= 4 is 5.91 Å². The van der Waals surface area contributed by atoms with E-state index in [2.05, 4.69) is 21.5 Å². The van der Waals surface area contributed by atoms with Crippen LogP contribution < -0.4 is 10.6 Å². The summed E-state index contributed by atoms with van der Waals surface area (Å²) < 4.78 is 1.96. The normalized spacial score (nSPS) is 13.7. The topological polar surface area (TPSA) is 59.0 Å². The fourth-order valence-electron chi connectivity index (χ4n) is 1.56. The van der Waals surface area contributed by atoms with Crippen LogP contribution in [0.2, 0.25) is 0 Å². The highest BCUT2D eigenvalue weighted by Crippen LogP contribution is 1.94. The molecule has 92 valence electrons. The molecule has 1 rings (SSSR count). The largest absolute Gasteiger partial charge is 0.344 e. The van der Waals surface area contributed by atoms with Gasteiger partial charge in [0.1, 0.15) is 0 Å². The van der Waals surface area contributed by atoms with Crippen molar-refractivity contribution < 1.29 is 4.79 Å². The minimum atomic E-state index is -0.262. The smallest absolute Gasteiger partial charge is 0.237 e. The number of terminal acetylenes is 1. The highest BCUT2D eigenvalue weighted by molar-refractivity contribution is 5.81. The Morgan fingerprint density at radius 2 is 2.35 bits per heavy atom. The first kappa shape index (κ1) is 13.3. The first-order valence-corrected chi connectivity index (χ1v) is 5.56. The molecule has 0 aliphatic carbocycles. The van der Waals surface area contributed by atoms with Crippen LogP contribution in [-0.2, 0) is 11.3 Å². The molecular weight excluding hydrogens is 216 g/mol. The highest BCUT2D eigenvalue weighted by Gasteiger charge is 2.14. The second-order valence-corrected chi connectivity index (χ2v) is 3.97. The van der Waals surface area contributed by atoms with Crippen LogP contribution in [0.15, 0.2) is 18.7 Å². The van der Waals surface area contributed by atoms with Gasteiger partial charge in [0.2, 0.25) is 5.91 Å². The van der Waals surface area contributed by atoms with Gasteiger partial charge in [0.15, 0.2) is 0 Å². The van der Waals surface area contributed by atoms with Crippen LogP contribution in [0.5, 0.6) is 0 Å². The van der Waals surface area contributed by atoms with Gasteiger partial charge in [-0.3, -0.25) is 4.79 Å². The van der Waals surface area contributed by atoms with Gasteiger partial charge in [0.05, 0.1) is 18.9 Å². The third-order valence-corrected chi connectivity index (χ3v) is 2.34. The number of imidazole rings is 1. The number of carbonyl (C=O) groups excluding carboxylic acids is 1. The van der Waals surface area contributed by atoms with Gasteiger partial charge in [-0.1, -0.05) is 5.92 Å². The minimum absolute atomic E-state index is 0.0829. The molecule has 1 amide bonds. The van der Waals surface area contributed by atoms with E-state index >= 15 is 0 Å². The molecule has 2 atom stereocenters. The average molecular weight is 234 g/mol. The number of amides is 1. The summed E-state index contributed by atoms with van der Waals surface area (Å²) in [5, 5.41) is 5.84. The summed E-state index contributed by atoms with van der Waals surface area (Å²) in [6.07, 6.45) is 10.4. The predicted molar refractivity (Wildman–Crippen MR) is 66.1 cm³/mol. The maximum Gasteiger partial charge on any atom is 0.237 e. The lowest BCUT2D eigenvalue weighted by Crippen LogP contribution is -2.46. The molecule has 0 aliphatic rings. The van der Waals surface area contributed by atoms with Crippen LogP contribution in [0.4, 0.5) is 0 Å². The van der Waals surface area contributed by atoms with E-state index in [0.29, 0.717) is 0 Å². The summed E-state index contributed by atoms with van der Waals surface area (Å²) in [5.74, 6) is 2.29. The Balaban J connectivity index is 2.32. The van der Waals surface area contributed by atoms with Gasteiger partial charge in [0, 0.05) is 25.0 Å². The Morgan fingerprint density at radius 3 is 2.94 bits per heavy atom. The molecule has 17 heavy (non-hydrogen) atoms. The van der Waals surface area contributed by atoms with Crippen molar-refractivity contribution in [1.82, 2.24) is 20.2 Å². The predicted octanol–water partition coefficient (Wildman–Crippen LogP) is -0.000900. The molecule has 5 heteroatoms. The van der Waals surface area contributed by atoms with Crippen molar-refractivity contribution in [1.29, 1.82) is 0 Å². The fourth-order valence-corrected chi connectivity index (χ4v) is 1.56. The van der Waals surface area contributed by atoms with Crippen molar-refractivity contribution in [3.8, 4) is 12.3 Å². The lowest BCUT2D eigenvalue weighted by atomic mass is 10.2. The third-order valence-electron chi connectivity index (χ3n) is 2.34. The number of hydrogen-bond donors (Lipinski definition) is 2. The minimum Gasteiger partial charge on any atom is -0.344 e. The highest BCUT2D eigenvalue weighted by atomic mass is 16.2. The van der Waals surface area contributed by atoms with Crippen LogP contribution in [0.1, 0.15) is 13.8 Å². The fraction of sp³-hybridized carbons (Fsp3) is 0.500. The summed E-state index contributed by atoms with van der Waals surface area (Å²) in [6, 6.07) is -0.0855.